The molecule has 2 atom stereocenters. The van der Waals surface area contributed by atoms with Crippen molar-refractivity contribution in [2.24, 2.45) is 0 Å². The van der Waals surface area contributed by atoms with Crippen molar-refractivity contribution in [3.8, 4) is 11.5 Å². The van der Waals surface area contributed by atoms with Crippen molar-refractivity contribution < 1.29 is 50.9 Å². The van der Waals surface area contributed by atoms with Gasteiger partial charge in [0, 0.05) is 67.9 Å². The molecule has 2 aliphatic rings. The van der Waals surface area contributed by atoms with Crippen LogP contribution in [0.15, 0.2) is 54.2 Å². The van der Waals surface area contributed by atoms with Crippen LogP contribution in [0.25, 0.3) is 0 Å². The maximum absolute atomic E-state index is 14.9. The normalized spacial score (nSPS) is 21.1. The minimum Gasteiger partial charge on any atom is -0.496 e. The number of piperidine rings is 2. The molecule has 0 aliphatic carbocycles. The fraction of sp³-hybridized carbons (Fsp3) is 0.486. The summed E-state index contributed by atoms with van der Waals surface area (Å²) in [6, 6.07) is 7.51. The van der Waals surface area contributed by atoms with E-state index in [4.69, 9.17) is 9.47 Å². The summed E-state index contributed by atoms with van der Waals surface area (Å²) in [4.78, 5) is 47.5. The van der Waals surface area contributed by atoms with E-state index in [1.807, 2.05) is 0 Å². The molecule has 1 N–H and O–H groups in total. The van der Waals surface area contributed by atoms with E-state index >= 15 is 0 Å². The number of rotatable bonds is 10. The topological polar surface area (TPSA) is 109 Å². The molecule has 3 aromatic rings. The number of carboxylic acid groups (broad SMARTS) is 1. The number of alkyl halides is 5. The SMILES string of the molecule is CCC[C@H]1N(C(=O)c2cnccc2C(C)(F)F)CCC[C@@]1(Oc1csc(C(F)(F)F)c1)C(=O)N1CCC(C(=O)O)(c2ccccc2OC)CC1. The van der Waals surface area contributed by atoms with Gasteiger partial charge < -0.3 is 24.4 Å². The average Bonchev–Trinajstić information content (AvgIpc) is 3.57. The zero-order chi connectivity index (χ0) is 36.5. The molecule has 4 heterocycles. The van der Waals surface area contributed by atoms with E-state index in [-0.39, 0.29) is 63.1 Å². The van der Waals surface area contributed by atoms with Gasteiger partial charge in [0.1, 0.15) is 16.4 Å². The van der Waals surface area contributed by atoms with Crippen molar-refractivity contribution in [1.82, 2.24) is 14.8 Å². The number of methoxy groups -OCH3 is 1. The van der Waals surface area contributed by atoms with Gasteiger partial charge in [0.05, 0.1) is 24.1 Å². The molecule has 0 bridgehead atoms. The van der Waals surface area contributed by atoms with Gasteiger partial charge in [-0.3, -0.25) is 19.4 Å². The number of halogens is 5. The number of benzene rings is 1. The summed E-state index contributed by atoms with van der Waals surface area (Å²) in [7, 11) is 1.43. The summed E-state index contributed by atoms with van der Waals surface area (Å²) in [6.07, 6.45) is -1.76. The van der Waals surface area contributed by atoms with Crippen LogP contribution in [0, 0.1) is 0 Å². The lowest BCUT2D eigenvalue weighted by Crippen LogP contribution is -2.69. The molecule has 0 unspecified atom stereocenters. The number of hydrogen-bond acceptors (Lipinski definition) is 7. The fourth-order valence-corrected chi connectivity index (χ4v) is 7.91. The molecule has 0 radical (unpaired) electrons. The molecule has 2 fully saturated rings. The summed E-state index contributed by atoms with van der Waals surface area (Å²) >= 11 is 0.394. The fourth-order valence-electron chi connectivity index (χ4n) is 7.24. The predicted molar refractivity (Wildman–Crippen MR) is 174 cm³/mol. The molecule has 1 aromatic carbocycles. The first-order valence-corrected chi connectivity index (χ1v) is 17.1. The summed E-state index contributed by atoms with van der Waals surface area (Å²) in [5.74, 6) is -5.78. The van der Waals surface area contributed by atoms with Crippen molar-refractivity contribution in [2.75, 3.05) is 26.7 Å². The van der Waals surface area contributed by atoms with E-state index < -0.39 is 57.4 Å². The van der Waals surface area contributed by atoms with Crippen molar-refractivity contribution in [2.45, 2.75) is 81.5 Å². The van der Waals surface area contributed by atoms with Crippen LogP contribution < -0.4 is 9.47 Å². The number of carbonyl (C=O) groups is 3. The first kappa shape index (κ1) is 37.0. The number of aliphatic carboxylic acids is 1. The first-order chi connectivity index (χ1) is 23.6. The van der Waals surface area contributed by atoms with Gasteiger partial charge in [-0.2, -0.15) is 13.2 Å². The van der Waals surface area contributed by atoms with E-state index in [1.54, 1.807) is 31.2 Å². The van der Waals surface area contributed by atoms with Crippen molar-refractivity contribution in [3.63, 3.8) is 0 Å². The molecule has 0 spiro atoms. The van der Waals surface area contributed by atoms with Gasteiger partial charge >= 0.3 is 12.1 Å². The molecule has 15 heteroatoms. The third-order valence-corrected chi connectivity index (χ3v) is 10.6. The second-order valence-corrected chi connectivity index (χ2v) is 13.6. The van der Waals surface area contributed by atoms with Crippen molar-refractivity contribution in [1.29, 1.82) is 0 Å². The standard InChI is InChI=1S/C35H38F5N3O6S/c1-4-8-27-34(49-22-19-28(50-21-22)35(38,39)40,12-7-16-43(27)29(44)23-20-41-15-11-24(23)32(2,36)37)30(45)42-17-13-33(14-18-42,31(46)47)25-9-5-6-10-26(25)48-3/h5-6,9-11,15,19-21,27H,4,7-8,12-14,16-18H2,1-3H3,(H,46,47)/t27-,34+/m1/s1. The van der Waals surface area contributed by atoms with Crippen LogP contribution >= 0.6 is 11.3 Å². The Morgan fingerprint density at radius 1 is 1.06 bits per heavy atom. The number of hydrogen-bond donors (Lipinski definition) is 1. The third kappa shape index (κ3) is 6.88. The summed E-state index contributed by atoms with van der Waals surface area (Å²) in [6.45, 7) is 2.42. The third-order valence-electron chi connectivity index (χ3n) is 9.66. The number of amides is 2. The lowest BCUT2D eigenvalue weighted by Gasteiger charge is -2.51. The number of pyridine rings is 1. The van der Waals surface area contributed by atoms with Gasteiger partial charge in [-0.05, 0) is 37.8 Å². The maximum Gasteiger partial charge on any atom is 0.425 e. The molecule has 270 valence electrons. The molecule has 2 amide bonds. The minimum atomic E-state index is -4.67. The highest BCUT2D eigenvalue weighted by molar-refractivity contribution is 7.10. The van der Waals surface area contributed by atoms with E-state index in [0.29, 0.717) is 36.0 Å². The molecular formula is C35H38F5N3O6S. The van der Waals surface area contributed by atoms with Gasteiger partial charge in [-0.15, -0.1) is 11.3 Å². The monoisotopic (exact) mass is 723 g/mol. The smallest absolute Gasteiger partial charge is 0.425 e. The molecule has 0 saturated carbocycles. The van der Waals surface area contributed by atoms with Crippen LogP contribution in [0.1, 0.15) is 78.7 Å². The number of ether oxygens (including phenoxy) is 2. The number of likely N-dealkylation sites (tertiary alicyclic amines) is 2. The zero-order valence-electron chi connectivity index (χ0n) is 27.8. The number of aromatic nitrogens is 1. The Morgan fingerprint density at radius 3 is 2.36 bits per heavy atom. The Bertz CT molecular complexity index is 1720. The van der Waals surface area contributed by atoms with Gasteiger partial charge in [0.2, 0.25) is 5.60 Å². The Kier molecular flexibility index (Phi) is 10.5. The van der Waals surface area contributed by atoms with Crippen LogP contribution in [-0.2, 0) is 27.1 Å². The van der Waals surface area contributed by atoms with E-state index in [1.165, 1.54) is 16.9 Å². The molecule has 50 heavy (non-hydrogen) atoms. The van der Waals surface area contributed by atoms with Crippen LogP contribution in [-0.4, -0.2) is 76.1 Å². The second-order valence-electron chi connectivity index (χ2n) is 12.7. The van der Waals surface area contributed by atoms with E-state index in [0.717, 1.165) is 29.9 Å². The Morgan fingerprint density at radius 2 is 1.76 bits per heavy atom. The lowest BCUT2D eigenvalue weighted by molar-refractivity contribution is -0.163. The number of para-hydroxylation sites is 1. The summed E-state index contributed by atoms with van der Waals surface area (Å²) in [5.41, 5.74) is -3.78. The number of carbonyl (C=O) groups excluding carboxylic acids is 2. The molecule has 9 nitrogen and oxygen atoms in total. The van der Waals surface area contributed by atoms with E-state index in [9.17, 15) is 41.4 Å². The minimum absolute atomic E-state index is 0.00703. The highest BCUT2D eigenvalue weighted by atomic mass is 32.1. The molecule has 2 saturated heterocycles. The molecular weight excluding hydrogens is 685 g/mol. The summed E-state index contributed by atoms with van der Waals surface area (Å²) in [5, 5.41) is 11.6. The molecule has 2 aliphatic heterocycles. The maximum atomic E-state index is 14.9. The largest absolute Gasteiger partial charge is 0.496 e. The Hall–Kier alpha value is -4.27. The predicted octanol–water partition coefficient (Wildman–Crippen LogP) is 7.15. The lowest BCUT2D eigenvalue weighted by atomic mass is 9.71. The highest BCUT2D eigenvalue weighted by Crippen LogP contribution is 2.45. The zero-order valence-corrected chi connectivity index (χ0v) is 28.6. The number of carboxylic acids is 1. The average molecular weight is 724 g/mol. The molecule has 2 aromatic heterocycles. The van der Waals surface area contributed by atoms with Crippen molar-refractivity contribution in [3.05, 3.63) is 75.7 Å². The Labute approximate surface area is 290 Å². The van der Waals surface area contributed by atoms with Crippen LogP contribution in [0.5, 0.6) is 11.5 Å². The number of thiophene rings is 1. The van der Waals surface area contributed by atoms with Gasteiger partial charge in [0.25, 0.3) is 17.7 Å². The van der Waals surface area contributed by atoms with E-state index in [2.05, 4.69) is 4.98 Å². The molecule has 5 rings (SSSR count). The number of nitrogens with zero attached hydrogens (tertiary/aromatic N) is 3. The summed E-state index contributed by atoms with van der Waals surface area (Å²) < 4.78 is 82.1. The highest BCUT2D eigenvalue weighted by Gasteiger charge is 2.57. The first-order valence-electron chi connectivity index (χ1n) is 16.2. The van der Waals surface area contributed by atoms with Crippen molar-refractivity contribution >= 4 is 29.1 Å². The van der Waals surface area contributed by atoms with Gasteiger partial charge in [0.15, 0.2) is 0 Å². The second kappa shape index (κ2) is 14.2. The quantitative estimate of drug-likeness (QED) is 0.222. The van der Waals surface area contributed by atoms with Gasteiger partial charge in [-0.25, -0.2) is 8.78 Å². The van der Waals surface area contributed by atoms with Gasteiger partial charge in [-0.1, -0.05) is 31.5 Å². The van der Waals surface area contributed by atoms with Crippen LogP contribution in [0.3, 0.4) is 0 Å². The van der Waals surface area contributed by atoms with Crippen LogP contribution in [0.4, 0.5) is 22.0 Å². The van der Waals surface area contributed by atoms with Crippen LogP contribution in [0.2, 0.25) is 0 Å². The Balaban J connectivity index is 1.56.